The number of halogens is 1. The Morgan fingerprint density at radius 1 is 1.06 bits per heavy atom. The molecule has 1 aliphatic rings. The number of aromatic nitrogens is 1. The monoisotopic (exact) mass is 482 g/mol. The van der Waals surface area contributed by atoms with E-state index in [0.717, 1.165) is 0 Å². The first-order chi connectivity index (χ1) is 16.4. The fourth-order valence-electron chi connectivity index (χ4n) is 3.77. The van der Waals surface area contributed by atoms with E-state index in [1.54, 1.807) is 54.3 Å². The molecule has 1 aromatic heterocycles. The summed E-state index contributed by atoms with van der Waals surface area (Å²) in [5, 5.41) is 13.6. The molecule has 176 valence electrons. The summed E-state index contributed by atoms with van der Waals surface area (Å²) in [4.78, 5) is 44.7. The molecular weight excluding hydrogens is 460 g/mol. The summed E-state index contributed by atoms with van der Waals surface area (Å²) in [7, 11) is 0. The first kappa shape index (κ1) is 23.3. The van der Waals surface area contributed by atoms with E-state index in [-0.39, 0.29) is 17.6 Å². The summed E-state index contributed by atoms with van der Waals surface area (Å²) in [5.74, 6) is -0.914. The fourth-order valence-corrected chi connectivity index (χ4v) is 3.89. The summed E-state index contributed by atoms with van der Waals surface area (Å²) in [6, 6.07) is 12.9. The maximum Gasteiger partial charge on any atom is 0.409 e. The molecule has 2 N–H and O–H groups in total. The van der Waals surface area contributed by atoms with Crippen molar-refractivity contribution >= 4 is 52.0 Å². The molecule has 0 aliphatic carbocycles. The SMILES string of the molecule is CCOC(=O)N1CCN(c2cc(C(=O)O)c3cc(NC(=O)c4ccc(Cl)cc4)ccc3n2)CC1. The lowest BCUT2D eigenvalue weighted by Crippen LogP contribution is -2.49. The van der Waals surface area contributed by atoms with Gasteiger partial charge in [-0.1, -0.05) is 11.6 Å². The number of pyridine rings is 1. The van der Waals surface area contributed by atoms with Crippen LogP contribution in [0.15, 0.2) is 48.5 Å². The van der Waals surface area contributed by atoms with Crippen molar-refractivity contribution in [3.8, 4) is 0 Å². The van der Waals surface area contributed by atoms with Gasteiger partial charge in [-0.3, -0.25) is 4.79 Å². The van der Waals surface area contributed by atoms with Gasteiger partial charge in [-0.25, -0.2) is 14.6 Å². The number of benzene rings is 2. The predicted molar refractivity (Wildman–Crippen MR) is 129 cm³/mol. The number of carbonyl (C=O) groups excluding carboxylic acids is 2. The van der Waals surface area contributed by atoms with Crippen LogP contribution < -0.4 is 10.2 Å². The smallest absolute Gasteiger partial charge is 0.409 e. The summed E-state index contributed by atoms with van der Waals surface area (Å²) in [6.07, 6.45) is -0.354. The summed E-state index contributed by atoms with van der Waals surface area (Å²) in [6.45, 7) is 4.00. The van der Waals surface area contributed by atoms with Crippen molar-refractivity contribution in [3.05, 3.63) is 64.7 Å². The number of fused-ring (bicyclic) bond motifs is 1. The molecule has 9 nitrogen and oxygen atoms in total. The van der Waals surface area contributed by atoms with E-state index >= 15 is 0 Å². The van der Waals surface area contributed by atoms with Gasteiger partial charge in [-0.15, -0.1) is 0 Å². The number of amides is 2. The predicted octanol–water partition coefficient (Wildman–Crippen LogP) is 4.12. The number of carboxylic acids is 1. The van der Waals surface area contributed by atoms with Crippen LogP contribution in [-0.4, -0.2) is 65.7 Å². The number of rotatable bonds is 5. The van der Waals surface area contributed by atoms with E-state index in [0.29, 0.717) is 65.8 Å². The molecule has 3 aromatic rings. The zero-order valence-corrected chi connectivity index (χ0v) is 19.2. The Kier molecular flexibility index (Phi) is 6.83. The Morgan fingerprint density at radius 2 is 1.76 bits per heavy atom. The number of nitrogens with zero attached hydrogens (tertiary/aromatic N) is 3. The van der Waals surface area contributed by atoms with Crippen molar-refractivity contribution in [1.29, 1.82) is 0 Å². The van der Waals surface area contributed by atoms with Crippen molar-refractivity contribution < 1.29 is 24.2 Å². The average molecular weight is 483 g/mol. The second kappa shape index (κ2) is 9.96. The van der Waals surface area contributed by atoms with E-state index in [1.807, 2.05) is 4.90 Å². The van der Waals surface area contributed by atoms with Crippen molar-refractivity contribution in [2.45, 2.75) is 6.92 Å². The number of carboxylic acid groups (broad SMARTS) is 1. The zero-order chi connectivity index (χ0) is 24.2. The van der Waals surface area contributed by atoms with Gasteiger partial charge in [0.1, 0.15) is 5.82 Å². The van der Waals surface area contributed by atoms with Gasteiger partial charge in [-0.05, 0) is 55.5 Å². The normalized spacial score (nSPS) is 13.6. The third-order valence-corrected chi connectivity index (χ3v) is 5.77. The molecule has 1 aliphatic heterocycles. The molecule has 0 unspecified atom stereocenters. The van der Waals surface area contributed by atoms with E-state index < -0.39 is 5.97 Å². The van der Waals surface area contributed by atoms with E-state index in [9.17, 15) is 19.5 Å². The second-order valence-electron chi connectivity index (χ2n) is 7.70. The molecule has 1 fully saturated rings. The van der Waals surface area contributed by atoms with Crippen LogP contribution in [0.1, 0.15) is 27.6 Å². The summed E-state index contributed by atoms with van der Waals surface area (Å²) >= 11 is 5.87. The van der Waals surface area contributed by atoms with Crippen molar-refractivity contribution in [3.63, 3.8) is 0 Å². The lowest BCUT2D eigenvalue weighted by molar-refractivity contribution is 0.0698. The number of piperazine rings is 1. The van der Waals surface area contributed by atoms with E-state index in [2.05, 4.69) is 10.3 Å². The van der Waals surface area contributed by atoms with Gasteiger partial charge < -0.3 is 25.0 Å². The lowest BCUT2D eigenvalue weighted by Gasteiger charge is -2.35. The van der Waals surface area contributed by atoms with Gasteiger partial charge in [0.2, 0.25) is 0 Å². The van der Waals surface area contributed by atoms with Crippen LogP contribution in [-0.2, 0) is 4.74 Å². The Hall–Kier alpha value is -3.85. The molecule has 4 rings (SSSR count). The molecule has 0 spiro atoms. The van der Waals surface area contributed by atoms with Crippen molar-refractivity contribution in [1.82, 2.24) is 9.88 Å². The van der Waals surface area contributed by atoms with Crippen LogP contribution in [0.3, 0.4) is 0 Å². The fraction of sp³-hybridized carbons (Fsp3) is 0.250. The Balaban J connectivity index is 1.57. The molecule has 10 heteroatoms. The largest absolute Gasteiger partial charge is 0.478 e. The van der Waals surface area contributed by atoms with Crippen LogP contribution in [0.2, 0.25) is 5.02 Å². The topological polar surface area (TPSA) is 112 Å². The Labute approximate surface area is 200 Å². The first-order valence-corrected chi connectivity index (χ1v) is 11.1. The molecule has 2 heterocycles. The number of anilines is 2. The highest BCUT2D eigenvalue weighted by atomic mass is 35.5. The highest BCUT2D eigenvalue weighted by Crippen LogP contribution is 2.27. The standard InChI is InChI=1S/C24H23ClN4O5/c1-2-34-24(33)29-11-9-28(10-12-29)21-14-19(23(31)32)18-13-17(7-8-20(18)27-21)26-22(30)15-3-5-16(25)6-4-15/h3-8,13-14H,2,9-12H2,1H3,(H,26,30)(H,31,32). The molecule has 34 heavy (non-hydrogen) atoms. The maximum atomic E-state index is 12.5. The van der Waals surface area contributed by atoms with Gasteiger partial charge in [0, 0.05) is 47.8 Å². The number of hydrogen-bond acceptors (Lipinski definition) is 6. The van der Waals surface area contributed by atoms with E-state index in [1.165, 1.54) is 6.07 Å². The quantitative estimate of drug-likeness (QED) is 0.562. The molecule has 0 saturated carbocycles. The van der Waals surface area contributed by atoms with Crippen molar-refractivity contribution in [2.75, 3.05) is 43.0 Å². The highest BCUT2D eigenvalue weighted by Gasteiger charge is 2.24. The molecule has 0 radical (unpaired) electrons. The third kappa shape index (κ3) is 5.04. The van der Waals surface area contributed by atoms with Crippen LogP contribution in [0.4, 0.5) is 16.3 Å². The highest BCUT2D eigenvalue weighted by molar-refractivity contribution is 6.30. The average Bonchev–Trinajstić information content (AvgIpc) is 2.84. The number of hydrogen-bond donors (Lipinski definition) is 2. The number of ether oxygens (including phenoxy) is 1. The third-order valence-electron chi connectivity index (χ3n) is 5.52. The first-order valence-electron chi connectivity index (χ1n) is 10.8. The number of aromatic carboxylic acids is 1. The summed E-state index contributed by atoms with van der Waals surface area (Å²) in [5.41, 5.74) is 1.45. The minimum Gasteiger partial charge on any atom is -0.478 e. The van der Waals surface area contributed by atoms with Crippen molar-refractivity contribution in [2.24, 2.45) is 0 Å². The van der Waals surface area contributed by atoms with Gasteiger partial charge in [-0.2, -0.15) is 0 Å². The van der Waals surface area contributed by atoms with Crippen LogP contribution in [0, 0.1) is 0 Å². The second-order valence-corrected chi connectivity index (χ2v) is 8.14. The number of carbonyl (C=O) groups is 3. The van der Waals surface area contributed by atoms with E-state index in [4.69, 9.17) is 16.3 Å². The zero-order valence-electron chi connectivity index (χ0n) is 18.5. The Bertz CT molecular complexity index is 1240. The van der Waals surface area contributed by atoms with Gasteiger partial charge in [0.15, 0.2) is 0 Å². The van der Waals surface area contributed by atoms with Crippen LogP contribution in [0.5, 0.6) is 0 Å². The van der Waals surface area contributed by atoms with Crippen LogP contribution in [0.25, 0.3) is 10.9 Å². The molecule has 2 amide bonds. The molecule has 0 bridgehead atoms. The molecule has 1 saturated heterocycles. The maximum absolute atomic E-state index is 12.5. The van der Waals surface area contributed by atoms with Crippen LogP contribution >= 0.6 is 11.6 Å². The minimum absolute atomic E-state index is 0.0791. The summed E-state index contributed by atoms with van der Waals surface area (Å²) < 4.78 is 5.04. The minimum atomic E-state index is -1.10. The van der Waals surface area contributed by atoms with Gasteiger partial charge in [0.05, 0.1) is 17.7 Å². The van der Waals surface area contributed by atoms with Gasteiger partial charge >= 0.3 is 12.1 Å². The molecule has 0 atom stereocenters. The lowest BCUT2D eigenvalue weighted by atomic mass is 10.1. The van der Waals surface area contributed by atoms with Gasteiger partial charge in [0.25, 0.3) is 5.91 Å². The molecular formula is C24H23ClN4O5. The number of nitrogens with one attached hydrogen (secondary N) is 1. The molecule has 2 aromatic carbocycles. The Morgan fingerprint density at radius 3 is 2.41 bits per heavy atom.